The van der Waals surface area contributed by atoms with E-state index in [4.69, 9.17) is 4.84 Å². The van der Waals surface area contributed by atoms with Crippen molar-refractivity contribution in [1.29, 1.82) is 0 Å². The lowest BCUT2D eigenvalue weighted by Crippen LogP contribution is -2.36. The summed E-state index contributed by atoms with van der Waals surface area (Å²) in [4.78, 5) is 28.2. The highest BCUT2D eigenvalue weighted by Crippen LogP contribution is 2.17. The van der Waals surface area contributed by atoms with Gasteiger partial charge in [-0.05, 0) is 30.5 Å². The second-order valence-corrected chi connectivity index (χ2v) is 5.88. The van der Waals surface area contributed by atoms with Crippen LogP contribution in [0.15, 0.2) is 29.4 Å². The van der Waals surface area contributed by atoms with Gasteiger partial charge in [0.15, 0.2) is 6.61 Å². The van der Waals surface area contributed by atoms with Crippen LogP contribution >= 0.6 is 0 Å². The van der Waals surface area contributed by atoms with E-state index in [9.17, 15) is 9.59 Å². The van der Waals surface area contributed by atoms with E-state index in [-0.39, 0.29) is 24.5 Å². The molecule has 0 atom stereocenters. The van der Waals surface area contributed by atoms with E-state index in [1.807, 2.05) is 0 Å². The zero-order valence-electron chi connectivity index (χ0n) is 14.0. The number of rotatable bonds is 6. The number of nitrogens with one attached hydrogen (secondary N) is 1. The van der Waals surface area contributed by atoms with Crippen LogP contribution in [0.3, 0.4) is 0 Å². The van der Waals surface area contributed by atoms with E-state index in [1.54, 1.807) is 24.3 Å². The number of hydrogen-bond donors (Lipinski definition) is 1. The summed E-state index contributed by atoms with van der Waals surface area (Å²) in [6.07, 6.45) is 8.43. The molecule has 2 rings (SSSR count). The Morgan fingerprint density at radius 1 is 1.17 bits per heavy atom. The molecule has 0 saturated heterocycles. The summed E-state index contributed by atoms with van der Waals surface area (Å²) < 4.78 is 4.63. The third-order valence-electron chi connectivity index (χ3n) is 4.02. The Morgan fingerprint density at radius 3 is 2.46 bits per heavy atom. The minimum absolute atomic E-state index is 0.0900. The van der Waals surface area contributed by atoms with Crippen LogP contribution in [0.1, 0.15) is 54.4 Å². The van der Waals surface area contributed by atoms with Gasteiger partial charge in [0.25, 0.3) is 5.91 Å². The van der Waals surface area contributed by atoms with Crippen LogP contribution in [-0.4, -0.2) is 37.8 Å². The van der Waals surface area contributed by atoms with E-state index in [1.165, 1.54) is 39.0 Å². The third kappa shape index (κ3) is 6.02. The van der Waals surface area contributed by atoms with E-state index >= 15 is 0 Å². The molecule has 1 amide bonds. The van der Waals surface area contributed by atoms with E-state index in [0.29, 0.717) is 5.56 Å². The molecule has 0 aliphatic heterocycles. The first kappa shape index (κ1) is 18.0. The van der Waals surface area contributed by atoms with Crippen LogP contribution in [0.2, 0.25) is 0 Å². The van der Waals surface area contributed by atoms with E-state index < -0.39 is 0 Å². The first-order chi connectivity index (χ1) is 11.7. The Hall–Kier alpha value is -2.37. The van der Waals surface area contributed by atoms with Crippen LogP contribution in [-0.2, 0) is 14.4 Å². The molecule has 130 valence electrons. The van der Waals surface area contributed by atoms with Crippen LogP contribution < -0.4 is 5.32 Å². The second kappa shape index (κ2) is 9.70. The fourth-order valence-electron chi connectivity index (χ4n) is 2.71. The van der Waals surface area contributed by atoms with E-state index in [2.05, 4.69) is 15.2 Å². The maximum atomic E-state index is 11.8. The lowest BCUT2D eigenvalue weighted by atomic mass is 10.1. The van der Waals surface area contributed by atoms with Gasteiger partial charge in [-0.2, -0.15) is 0 Å². The number of methoxy groups -OCH3 is 1. The molecule has 0 bridgehead atoms. The normalized spacial score (nSPS) is 15.7. The maximum Gasteiger partial charge on any atom is 0.337 e. The summed E-state index contributed by atoms with van der Waals surface area (Å²) >= 11 is 0. The van der Waals surface area contributed by atoms with Crippen molar-refractivity contribution in [3.63, 3.8) is 0 Å². The van der Waals surface area contributed by atoms with Crippen LogP contribution in [0.4, 0.5) is 0 Å². The number of amides is 1. The molecule has 1 fully saturated rings. The minimum atomic E-state index is -0.384. The van der Waals surface area contributed by atoms with Crippen molar-refractivity contribution in [1.82, 2.24) is 5.32 Å². The average Bonchev–Trinajstić information content (AvgIpc) is 2.87. The molecule has 1 aliphatic carbocycles. The summed E-state index contributed by atoms with van der Waals surface area (Å²) in [5, 5.41) is 6.78. The maximum absolute atomic E-state index is 11.8. The summed E-state index contributed by atoms with van der Waals surface area (Å²) in [7, 11) is 1.34. The van der Waals surface area contributed by atoms with Gasteiger partial charge in [0.1, 0.15) is 0 Å². The monoisotopic (exact) mass is 332 g/mol. The Bertz CT molecular complexity index is 561. The molecule has 1 aromatic rings. The highest BCUT2D eigenvalue weighted by atomic mass is 16.6. The minimum Gasteiger partial charge on any atom is -0.465 e. The van der Waals surface area contributed by atoms with Crippen molar-refractivity contribution < 1.29 is 19.2 Å². The Morgan fingerprint density at radius 2 is 1.83 bits per heavy atom. The molecule has 1 N–H and O–H groups in total. The molecule has 0 heterocycles. The number of nitrogens with zero attached hydrogens (tertiary/aromatic N) is 1. The zero-order chi connectivity index (χ0) is 17.2. The zero-order valence-corrected chi connectivity index (χ0v) is 14.0. The first-order valence-electron chi connectivity index (χ1n) is 8.32. The van der Waals surface area contributed by atoms with E-state index in [0.717, 1.165) is 18.4 Å². The van der Waals surface area contributed by atoms with Crippen molar-refractivity contribution in [3.8, 4) is 0 Å². The number of hydrogen-bond acceptors (Lipinski definition) is 5. The number of oxime groups is 1. The van der Waals surface area contributed by atoms with Crippen molar-refractivity contribution in [2.24, 2.45) is 5.16 Å². The molecule has 0 radical (unpaired) electrons. The van der Waals surface area contributed by atoms with Gasteiger partial charge in [-0.25, -0.2) is 4.79 Å². The fraction of sp³-hybridized carbons (Fsp3) is 0.500. The van der Waals surface area contributed by atoms with Crippen molar-refractivity contribution in [3.05, 3.63) is 35.4 Å². The summed E-state index contributed by atoms with van der Waals surface area (Å²) in [6.45, 7) is -0.0900. The first-order valence-corrected chi connectivity index (χ1v) is 8.32. The number of ether oxygens (including phenoxy) is 1. The standard InChI is InChI=1S/C18H24N2O4/c1-23-18(22)15-10-8-14(9-11-15)12-19-24-13-17(21)20-16-6-4-2-3-5-7-16/h8-12,16H,2-7,13H2,1H3,(H,20,21)/b19-12+. The van der Waals surface area contributed by atoms with Gasteiger partial charge in [0.05, 0.1) is 18.9 Å². The van der Waals surface area contributed by atoms with Gasteiger partial charge in [0.2, 0.25) is 0 Å². The van der Waals surface area contributed by atoms with Crippen molar-refractivity contribution >= 4 is 18.1 Å². The Labute approximate surface area is 142 Å². The molecule has 24 heavy (non-hydrogen) atoms. The second-order valence-electron chi connectivity index (χ2n) is 5.88. The molecule has 1 aromatic carbocycles. The molecule has 0 spiro atoms. The molecule has 1 aliphatic rings. The highest BCUT2D eigenvalue weighted by molar-refractivity contribution is 5.90. The summed E-state index contributed by atoms with van der Waals surface area (Å²) in [5.74, 6) is -0.523. The Balaban J connectivity index is 1.71. The predicted octanol–water partition coefficient (Wildman–Crippen LogP) is 2.66. The number of benzene rings is 1. The number of carbonyl (C=O) groups excluding carboxylic acids is 2. The lowest BCUT2D eigenvalue weighted by Gasteiger charge is -2.15. The van der Waals surface area contributed by atoms with Crippen molar-refractivity contribution in [2.75, 3.05) is 13.7 Å². The van der Waals surface area contributed by atoms with Gasteiger partial charge in [-0.1, -0.05) is 43.0 Å². The van der Waals surface area contributed by atoms with Gasteiger partial charge in [-0.3, -0.25) is 4.79 Å². The topological polar surface area (TPSA) is 77.0 Å². The van der Waals surface area contributed by atoms with Crippen LogP contribution in [0, 0.1) is 0 Å². The summed E-state index contributed by atoms with van der Waals surface area (Å²) in [6, 6.07) is 7.01. The molecule has 0 aromatic heterocycles. The highest BCUT2D eigenvalue weighted by Gasteiger charge is 2.14. The molecular weight excluding hydrogens is 308 g/mol. The molecule has 1 saturated carbocycles. The SMILES string of the molecule is COC(=O)c1ccc(/C=N/OCC(=O)NC2CCCCCC2)cc1. The fourth-order valence-corrected chi connectivity index (χ4v) is 2.71. The predicted molar refractivity (Wildman–Crippen MR) is 91.0 cm³/mol. The smallest absolute Gasteiger partial charge is 0.337 e. The van der Waals surface area contributed by atoms with Crippen LogP contribution in [0.5, 0.6) is 0 Å². The van der Waals surface area contributed by atoms with Gasteiger partial charge < -0.3 is 14.9 Å². The van der Waals surface area contributed by atoms with Crippen LogP contribution in [0.25, 0.3) is 0 Å². The van der Waals surface area contributed by atoms with Crippen molar-refractivity contribution in [2.45, 2.75) is 44.6 Å². The van der Waals surface area contributed by atoms with Gasteiger partial charge in [0, 0.05) is 6.04 Å². The average molecular weight is 332 g/mol. The molecule has 0 unspecified atom stereocenters. The lowest BCUT2D eigenvalue weighted by molar-refractivity contribution is -0.126. The molecular formula is C18H24N2O4. The summed E-state index contributed by atoms with van der Waals surface area (Å²) in [5.41, 5.74) is 1.24. The number of esters is 1. The third-order valence-corrected chi connectivity index (χ3v) is 4.02. The quantitative estimate of drug-likeness (QED) is 0.376. The molecule has 6 heteroatoms. The number of carbonyl (C=O) groups is 2. The largest absolute Gasteiger partial charge is 0.465 e. The van der Waals surface area contributed by atoms with Gasteiger partial charge >= 0.3 is 5.97 Å². The molecule has 6 nitrogen and oxygen atoms in total. The van der Waals surface area contributed by atoms with Gasteiger partial charge in [-0.15, -0.1) is 0 Å². The Kier molecular flexibility index (Phi) is 7.26.